The van der Waals surface area contributed by atoms with Crippen LogP contribution in [0.15, 0.2) is 0 Å². The summed E-state index contributed by atoms with van der Waals surface area (Å²) in [5.74, 6) is -2.55. The summed E-state index contributed by atoms with van der Waals surface area (Å²) in [6.07, 6.45) is 5.73. The third-order valence-corrected chi connectivity index (χ3v) is 6.86. The zero-order chi connectivity index (χ0) is 18.5. The van der Waals surface area contributed by atoms with E-state index in [-0.39, 0.29) is 6.42 Å². The van der Waals surface area contributed by atoms with Crippen molar-refractivity contribution in [2.45, 2.75) is 83.8 Å². The first-order valence-electron chi connectivity index (χ1n) is 9.08. The molecule has 0 spiro atoms. The third-order valence-electron chi connectivity index (χ3n) is 3.68. The summed E-state index contributed by atoms with van der Waals surface area (Å²) in [6, 6.07) is 0. The average Bonchev–Trinajstić information content (AvgIpc) is 2.49. The monoisotopic (exact) mass is 368 g/mol. The number of aliphatic hydroxyl groups excluding tert-OH is 1. The number of rotatable bonds is 16. The first kappa shape index (κ1) is 23.9. The van der Waals surface area contributed by atoms with Crippen molar-refractivity contribution in [3.63, 3.8) is 0 Å². The predicted molar refractivity (Wildman–Crippen MR) is 93.0 cm³/mol. The molecule has 0 amide bonds. The summed E-state index contributed by atoms with van der Waals surface area (Å²) in [5, 5.41) is 36.8. The molecule has 0 aliphatic carbocycles. The molecule has 8 heteroatoms. The molecular weight excluding hydrogens is 332 g/mol. The molecule has 0 aliphatic rings. The molecule has 0 rings (SSSR count). The Hall–Kier alpha value is -0.0631. The van der Waals surface area contributed by atoms with E-state index in [2.05, 4.69) is 0 Å². The van der Waals surface area contributed by atoms with Gasteiger partial charge < -0.3 is 33.7 Å². The fraction of sp³-hybridized carbons (Fsp3) is 1.00. The summed E-state index contributed by atoms with van der Waals surface area (Å²) in [4.78, 5) is 0. The van der Waals surface area contributed by atoms with E-state index in [0.29, 0.717) is 32.7 Å². The van der Waals surface area contributed by atoms with Gasteiger partial charge in [0.1, 0.15) is 5.73 Å². The van der Waals surface area contributed by atoms with Gasteiger partial charge >= 0.3 is 8.80 Å². The molecule has 24 heavy (non-hydrogen) atoms. The summed E-state index contributed by atoms with van der Waals surface area (Å²) in [7, 11) is -3.03. The van der Waals surface area contributed by atoms with Crippen LogP contribution in [0.1, 0.15) is 72.1 Å². The first-order chi connectivity index (χ1) is 11.3. The van der Waals surface area contributed by atoms with Crippen molar-refractivity contribution in [1.29, 1.82) is 0 Å². The van der Waals surface area contributed by atoms with Gasteiger partial charge in [-0.15, -0.1) is 0 Å². The van der Waals surface area contributed by atoms with E-state index < -0.39 is 20.5 Å². The second-order valence-corrected chi connectivity index (χ2v) is 8.59. The quantitative estimate of drug-likeness (QED) is 0.186. The molecule has 0 aromatic rings. The van der Waals surface area contributed by atoms with Crippen LogP contribution in [0, 0.1) is 0 Å². The normalized spacial score (nSPS) is 14.1. The van der Waals surface area contributed by atoms with Gasteiger partial charge in [0.25, 0.3) is 5.97 Å². The van der Waals surface area contributed by atoms with Gasteiger partial charge in [-0.25, -0.2) is 0 Å². The van der Waals surface area contributed by atoms with E-state index in [0.717, 1.165) is 32.1 Å². The van der Waals surface area contributed by atoms with Gasteiger partial charge in [-0.1, -0.05) is 32.1 Å². The number of aliphatic hydroxyl groups is 4. The zero-order valence-electron chi connectivity index (χ0n) is 15.4. The first-order valence-corrected chi connectivity index (χ1v) is 10.9. The average molecular weight is 369 g/mol. The lowest BCUT2D eigenvalue weighted by atomic mass is 10.1. The topological polar surface area (TPSA) is 109 Å². The van der Waals surface area contributed by atoms with Crippen molar-refractivity contribution >= 4 is 8.80 Å². The van der Waals surface area contributed by atoms with Crippen molar-refractivity contribution in [2.24, 2.45) is 0 Å². The summed E-state index contributed by atoms with van der Waals surface area (Å²) in [6.45, 7) is 6.95. The molecule has 0 aromatic carbocycles. The highest BCUT2D eigenvalue weighted by Crippen LogP contribution is 2.20. The van der Waals surface area contributed by atoms with Crippen LogP contribution in [0.3, 0.4) is 0 Å². The number of hydrogen-bond acceptors (Lipinski definition) is 7. The van der Waals surface area contributed by atoms with Crippen molar-refractivity contribution < 1.29 is 33.7 Å². The van der Waals surface area contributed by atoms with Gasteiger partial charge in [-0.05, 0) is 33.6 Å². The Morgan fingerprint density at radius 3 is 1.58 bits per heavy atom. The minimum Gasteiger partial charge on any atom is -0.389 e. The van der Waals surface area contributed by atoms with E-state index in [4.69, 9.17) is 28.6 Å². The molecular formula is C16H36O7Si. The van der Waals surface area contributed by atoms with Crippen molar-refractivity contribution in [2.75, 3.05) is 19.8 Å². The molecule has 1 unspecified atom stereocenters. The lowest BCUT2D eigenvalue weighted by molar-refractivity contribution is -0.315. The molecule has 4 N–H and O–H groups in total. The van der Waals surface area contributed by atoms with Crippen molar-refractivity contribution in [3.8, 4) is 0 Å². The van der Waals surface area contributed by atoms with E-state index in [9.17, 15) is 5.11 Å². The Balaban J connectivity index is 4.01. The Labute approximate surface area is 146 Å². The van der Waals surface area contributed by atoms with Gasteiger partial charge in [0.15, 0.2) is 0 Å². The molecule has 0 fully saturated rings. The molecule has 0 aromatic heterocycles. The fourth-order valence-electron chi connectivity index (χ4n) is 2.60. The maximum Gasteiger partial charge on any atom is 0.531 e. The fourth-order valence-corrected chi connectivity index (χ4v) is 5.19. The Kier molecular flexibility index (Phi) is 13.1. The summed E-state index contributed by atoms with van der Waals surface area (Å²) >= 11 is 0. The number of unbranched alkanes of at least 4 members (excludes halogenated alkanes) is 5. The summed E-state index contributed by atoms with van der Waals surface area (Å²) < 4.78 is 17.1. The second-order valence-electron chi connectivity index (χ2n) is 5.85. The van der Waals surface area contributed by atoms with Crippen LogP contribution >= 0.6 is 0 Å². The van der Waals surface area contributed by atoms with Gasteiger partial charge in [0.2, 0.25) is 0 Å². The highest BCUT2D eigenvalue weighted by atomic mass is 28.4. The highest BCUT2D eigenvalue weighted by Gasteiger charge is 2.48. The lowest BCUT2D eigenvalue weighted by Crippen LogP contribution is -2.56. The van der Waals surface area contributed by atoms with Crippen LogP contribution in [-0.4, -0.2) is 60.8 Å². The summed E-state index contributed by atoms with van der Waals surface area (Å²) in [5.41, 5.74) is -0.712. The van der Waals surface area contributed by atoms with Gasteiger partial charge in [0.05, 0.1) is 0 Å². The SMILES string of the molecule is CCO[Si](OCC)(OCC)C(O)CCCCCCCCC(O)(O)O. The third kappa shape index (κ3) is 10.7. The van der Waals surface area contributed by atoms with Crippen molar-refractivity contribution in [3.05, 3.63) is 0 Å². The molecule has 7 nitrogen and oxygen atoms in total. The van der Waals surface area contributed by atoms with Crippen LogP contribution in [0.2, 0.25) is 0 Å². The molecule has 0 saturated carbocycles. The Morgan fingerprint density at radius 1 is 0.750 bits per heavy atom. The molecule has 146 valence electrons. The lowest BCUT2D eigenvalue weighted by Gasteiger charge is -2.32. The van der Waals surface area contributed by atoms with Gasteiger partial charge in [-0.3, -0.25) is 0 Å². The molecule has 0 bridgehead atoms. The van der Waals surface area contributed by atoms with Gasteiger partial charge in [-0.2, -0.15) is 0 Å². The van der Waals surface area contributed by atoms with E-state index in [1.54, 1.807) is 0 Å². The number of hydrogen-bond donors (Lipinski definition) is 4. The molecule has 1 atom stereocenters. The van der Waals surface area contributed by atoms with E-state index in [1.807, 2.05) is 20.8 Å². The maximum atomic E-state index is 10.5. The largest absolute Gasteiger partial charge is 0.531 e. The van der Waals surface area contributed by atoms with Crippen LogP contribution < -0.4 is 0 Å². The zero-order valence-corrected chi connectivity index (χ0v) is 16.4. The van der Waals surface area contributed by atoms with E-state index in [1.165, 1.54) is 0 Å². The van der Waals surface area contributed by atoms with E-state index >= 15 is 0 Å². The predicted octanol–water partition coefficient (Wildman–Crippen LogP) is 1.69. The molecule has 0 aliphatic heterocycles. The van der Waals surface area contributed by atoms with Crippen molar-refractivity contribution in [1.82, 2.24) is 0 Å². The smallest absolute Gasteiger partial charge is 0.389 e. The highest BCUT2D eigenvalue weighted by molar-refractivity contribution is 6.62. The molecule has 0 radical (unpaired) electrons. The Bertz CT molecular complexity index is 280. The Morgan fingerprint density at radius 2 is 1.17 bits per heavy atom. The van der Waals surface area contributed by atoms with Crippen LogP contribution in [-0.2, 0) is 13.3 Å². The molecule has 0 saturated heterocycles. The minimum absolute atomic E-state index is 0.0308. The maximum absolute atomic E-state index is 10.5. The standard InChI is InChI=1S/C16H36O7Si/c1-4-21-24(22-5-2,23-6-3)15(17)13-11-9-7-8-10-12-14-16(18,19)20/h15,17-20H,4-14H2,1-3H3. The van der Waals surface area contributed by atoms with Crippen LogP contribution in [0.25, 0.3) is 0 Å². The van der Waals surface area contributed by atoms with Gasteiger partial charge in [0, 0.05) is 26.2 Å². The second kappa shape index (κ2) is 13.2. The molecule has 0 heterocycles. The van der Waals surface area contributed by atoms with Crippen LogP contribution in [0.4, 0.5) is 0 Å². The van der Waals surface area contributed by atoms with Crippen LogP contribution in [0.5, 0.6) is 0 Å². The minimum atomic E-state index is -3.03.